The van der Waals surface area contributed by atoms with Crippen LogP contribution in [0.4, 0.5) is 0 Å². The van der Waals surface area contributed by atoms with Crippen LogP contribution in [0.1, 0.15) is 60.3 Å². The summed E-state index contributed by atoms with van der Waals surface area (Å²) in [5.41, 5.74) is 5.78. The molecule has 0 aromatic heterocycles. The number of carboxylic acids is 1. The van der Waals surface area contributed by atoms with Gasteiger partial charge in [-0.25, -0.2) is 4.79 Å². The van der Waals surface area contributed by atoms with Crippen LogP contribution in [0.5, 0.6) is 0 Å². The highest BCUT2D eigenvalue weighted by Crippen LogP contribution is 2.18. The summed E-state index contributed by atoms with van der Waals surface area (Å²) in [5.74, 6) is -8.81. The molecule has 1 aliphatic heterocycles. The number of carbonyl (C=O) groups excluding carboxylic acids is 8. The minimum atomic E-state index is -1.66. The predicted molar refractivity (Wildman–Crippen MR) is 198 cm³/mol. The largest absolute Gasteiger partial charge is 0.480 e. The minimum absolute atomic E-state index is 0.00755. The molecule has 1 saturated heterocycles. The highest BCUT2D eigenvalue weighted by molar-refractivity contribution is 5.97. The molecule has 324 valence electrons. The van der Waals surface area contributed by atoms with Crippen molar-refractivity contribution < 1.29 is 68.7 Å². The van der Waals surface area contributed by atoms with Gasteiger partial charge >= 0.3 is 5.97 Å². The number of hydrogen-bond donors (Lipinski definition) is 13. The predicted octanol–water partition coefficient (Wildman–Crippen LogP) is -6.50. The molecule has 0 saturated carbocycles. The van der Waals surface area contributed by atoms with Gasteiger partial charge in [0.1, 0.15) is 42.3 Å². The number of aliphatic carboxylic acids is 1. The number of nitrogens with zero attached hydrogens (tertiary/aromatic N) is 1. The molecule has 23 nitrogen and oxygen atoms in total. The molecule has 1 aliphatic rings. The second-order valence-corrected chi connectivity index (χ2v) is 14.4. The zero-order chi connectivity index (χ0) is 43.6. The molecule has 1 fully saturated rings. The Morgan fingerprint density at radius 1 is 0.596 bits per heavy atom. The highest BCUT2D eigenvalue weighted by Gasteiger charge is 2.38. The van der Waals surface area contributed by atoms with Gasteiger partial charge in [-0.3, -0.25) is 38.4 Å². The van der Waals surface area contributed by atoms with E-state index in [-0.39, 0.29) is 31.2 Å². The fourth-order valence-electron chi connectivity index (χ4n) is 5.61. The maximum absolute atomic E-state index is 13.2. The number of amides is 8. The molecule has 0 aromatic rings. The van der Waals surface area contributed by atoms with Crippen molar-refractivity contribution >= 4 is 53.2 Å². The third-order valence-electron chi connectivity index (χ3n) is 8.66. The van der Waals surface area contributed by atoms with Gasteiger partial charge in [0, 0.05) is 6.54 Å². The fourth-order valence-corrected chi connectivity index (χ4v) is 5.61. The maximum Gasteiger partial charge on any atom is 0.326 e. The number of aliphatic hydroxyl groups is 4. The second kappa shape index (κ2) is 24.6. The van der Waals surface area contributed by atoms with Crippen LogP contribution in [0.3, 0.4) is 0 Å². The van der Waals surface area contributed by atoms with E-state index in [1.807, 2.05) is 13.8 Å². The van der Waals surface area contributed by atoms with Crippen molar-refractivity contribution in [3.05, 3.63) is 0 Å². The quantitative estimate of drug-likeness (QED) is 0.0431. The zero-order valence-corrected chi connectivity index (χ0v) is 32.8. The Bertz CT molecular complexity index is 1430. The van der Waals surface area contributed by atoms with Gasteiger partial charge in [0.05, 0.1) is 39.0 Å². The lowest BCUT2D eigenvalue weighted by Crippen LogP contribution is -2.60. The van der Waals surface area contributed by atoms with Gasteiger partial charge < -0.3 is 73.4 Å². The van der Waals surface area contributed by atoms with Crippen LogP contribution < -0.4 is 43.0 Å². The normalized spacial score (nSPS) is 17.5. The average molecular weight is 818 g/mol. The number of likely N-dealkylation sites (tertiary alicyclic amines) is 1. The summed E-state index contributed by atoms with van der Waals surface area (Å²) in [4.78, 5) is 115. The summed E-state index contributed by atoms with van der Waals surface area (Å²) in [7, 11) is 0. The molecular weight excluding hydrogens is 758 g/mol. The monoisotopic (exact) mass is 817 g/mol. The van der Waals surface area contributed by atoms with E-state index in [1.54, 1.807) is 13.8 Å². The Labute approximate surface area is 329 Å². The smallest absolute Gasteiger partial charge is 0.326 e. The van der Waals surface area contributed by atoms with E-state index in [4.69, 9.17) is 5.73 Å². The Hall–Kier alpha value is -4.97. The Morgan fingerprint density at radius 2 is 1.05 bits per heavy atom. The molecule has 0 aliphatic carbocycles. The summed E-state index contributed by atoms with van der Waals surface area (Å²) in [5, 5.41) is 64.2. The molecule has 0 spiro atoms. The first-order valence-electron chi connectivity index (χ1n) is 18.5. The van der Waals surface area contributed by atoms with Crippen molar-refractivity contribution in [2.24, 2.45) is 17.6 Å². The molecule has 14 N–H and O–H groups in total. The maximum atomic E-state index is 13.2. The van der Waals surface area contributed by atoms with Crippen LogP contribution in [-0.4, -0.2) is 172 Å². The Morgan fingerprint density at radius 3 is 1.58 bits per heavy atom. The van der Waals surface area contributed by atoms with Gasteiger partial charge in [0.2, 0.25) is 47.3 Å². The van der Waals surface area contributed by atoms with Gasteiger partial charge in [-0.1, -0.05) is 27.7 Å². The van der Waals surface area contributed by atoms with E-state index in [0.29, 0.717) is 12.8 Å². The molecule has 0 unspecified atom stereocenters. The van der Waals surface area contributed by atoms with Crippen LogP contribution >= 0.6 is 0 Å². The molecule has 0 radical (unpaired) electrons. The summed E-state index contributed by atoms with van der Waals surface area (Å²) >= 11 is 0. The highest BCUT2D eigenvalue weighted by atomic mass is 16.4. The molecule has 1 rings (SSSR count). The van der Waals surface area contributed by atoms with Gasteiger partial charge in [-0.05, 0) is 44.4 Å². The van der Waals surface area contributed by atoms with Crippen LogP contribution in [0.2, 0.25) is 0 Å². The molecule has 8 atom stereocenters. The van der Waals surface area contributed by atoms with Gasteiger partial charge in [-0.2, -0.15) is 0 Å². The van der Waals surface area contributed by atoms with Crippen molar-refractivity contribution in [1.29, 1.82) is 0 Å². The lowest BCUT2D eigenvalue weighted by molar-refractivity contribution is -0.150. The number of aliphatic hydroxyl groups excluding tert-OH is 4. The number of carboxylic acid groups (broad SMARTS) is 1. The summed E-state index contributed by atoms with van der Waals surface area (Å²) in [6.45, 7) is 4.05. The van der Waals surface area contributed by atoms with Crippen molar-refractivity contribution in [2.45, 2.75) is 109 Å². The lowest BCUT2D eigenvalue weighted by atomic mass is 10.0. The fraction of sp³-hybridized carbons (Fsp3) is 0.735. The summed E-state index contributed by atoms with van der Waals surface area (Å²) < 4.78 is 0. The molecule has 23 heteroatoms. The third kappa shape index (κ3) is 16.6. The summed E-state index contributed by atoms with van der Waals surface area (Å²) in [6.07, 6.45) is 0.923. The van der Waals surface area contributed by atoms with Gasteiger partial charge in [0.25, 0.3) is 0 Å². The first kappa shape index (κ1) is 50.0. The van der Waals surface area contributed by atoms with Crippen LogP contribution in [0.15, 0.2) is 0 Å². The zero-order valence-electron chi connectivity index (χ0n) is 32.8. The van der Waals surface area contributed by atoms with Crippen LogP contribution in [0, 0.1) is 11.8 Å². The average Bonchev–Trinajstić information content (AvgIpc) is 3.65. The van der Waals surface area contributed by atoms with Crippen molar-refractivity contribution in [1.82, 2.24) is 42.1 Å². The number of rotatable bonds is 24. The van der Waals surface area contributed by atoms with Crippen LogP contribution in [0.25, 0.3) is 0 Å². The van der Waals surface area contributed by atoms with E-state index >= 15 is 0 Å². The van der Waals surface area contributed by atoms with Crippen molar-refractivity contribution in [2.75, 3.05) is 39.5 Å². The van der Waals surface area contributed by atoms with E-state index in [9.17, 15) is 68.7 Å². The van der Waals surface area contributed by atoms with Gasteiger partial charge in [0.15, 0.2) is 0 Å². The van der Waals surface area contributed by atoms with Crippen molar-refractivity contribution in [3.8, 4) is 0 Å². The van der Waals surface area contributed by atoms with Gasteiger partial charge in [-0.15, -0.1) is 0 Å². The molecule has 8 amide bonds. The first-order valence-corrected chi connectivity index (χ1v) is 18.5. The van der Waals surface area contributed by atoms with Crippen LogP contribution in [-0.2, 0) is 43.2 Å². The number of hydrogen-bond acceptors (Lipinski definition) is 14. The SMILES string of the molecule is CC(C)C[C@H](NC(=O)[C@H](CO)NC(=O)[C@H](C)NC(=O)[C@H](CO)NC(=O)CNC(=O)[C@H](CO)NC(=O)[C@@H](N)CC(C)C)C(=O)N[C@@H](CO)C(=O)N1CCC[C@H]1C(=O)O. The summed E-state index contributed by atoms with van der Waals surface area (Å²) in [6, 6.07) is -11.1. The Kier molecular flexibility index (Phi) is 21.6. The number of carbonyl (C=O) groups is 9. The lowest BCUT2D eigenvalue weighted by Gasteiger charge is -2.28. The molecule has 1 heterocycles. The Balaban J connectivity index is 2.81. The second-order valence-electron chi connectivity index (χ2n) is 14.4. The minimum Gasteiger partial charge on any atom is -0.480 e. The first-order chi connectivity index (χ1) is 26.7. The topological polar surface area (TPSA) is 368 Å². The molecule has 57 heavy (non-hydrogen) atoms. The van der Waals surface area contributed by atoms with E-state index in [0.717, 1.165) is 4.90 Å². The van der Waals surface area contributed by atoms with Crippen molar-refractivity contribution in [3.63, 3.8) is 0 Å². The number of nitrogens with two attached hydrogens (primary N) is 1. The van der Waals surface area contributed by atoms with E-state index in [2.05, 4.69) is 37.2 Å². The number of nitrogens with one attached hydrogen (secondary N) is 7. The molecular formula is C34H59N9O14. The molecule has 0 bridgehead atoms. The van der Waals surface area contributed by atoms with E-state index < -0.39 is 135 Å². The third-order valence-corrected chi connectivity index (χ3v) is 8.66. The van der Waals surface area contributed by atoms with E-state index in [1.165, 1.54) is 6.92 Å². The molecule has 0 aromatic carbocycles. The standard InChI is InChI=1S/C34H59N9O14/c1-16(2)9-19(35)28(50)41-21(12-44)29(51)36-11-26(48)38-22(13-45)31(53)37-18(5)27(49)40-23(14-46)32(54)39-20(10-17(3)4)30(52)42-24(15-47)33(55)43-8-6-7-25(43)34(56)57/h16-25,44-47H,6-15,35H2,1-5H3,(H,36,51)(H,37,53)(H,38,48)(H,39,54)(H,40,49)(H,41,50)(H,42,52)(H,56,57)/t18-,19-,20-,21-,22-,23-,24-,25-/m0/s1.